The van der Waals surface area contributed by atoms with E-state index in [1.165, 1.54) is 33.3 Å². The molecule has 2 rings (SSSR count). The molecule has 1 atom stereocenters. The molecule has 0 aromatic heterocycles. The molecule has 30 heavy (non-hydrogen) atoms. The maximum Gasteiger partial charge on any atom is 0.418 e. The lowest BCUT2D eigenvalue weighted by molar-refractivity contribution is -0.385. The van der Waals surface area contributed by atoms with Crippen LogP contribution in [0.3, 0.4) is 0 Å². The van der Waals surface area contributed by atoms with Crippen LogP contribution in [0.25, 0.3) is 0 Å². The Morgan fingerprint density at radius 3 is 2.30 bits per heavy atom. The van der Waals surface area contributed by atoms with E-state index in [4.69, 9.17) is 21.1 Å². The van der Waals surface area contributed by atoms with Gasteiger partial charge in [0.2, 0.25) is 5.91 Å². The monoisotopic (exact) mass is 447 g/mol. The minimum absolute atomic E-state index is 0.225. The molecular formula is C18H17ClF3N3O5. The SMILES string of the molecule is COc1cc(OC)c(NC(C)C(=O)Nc2ccc([N+](=O)[O-])cc2C(F)(F)F)cc1Cl. The van der Waals surface area contributed by atoms with Gasteiger partial charge < -0.3 is 20.1 Å². The third-order valence-corrected chi connectivity index (χ3v) is 4.31. The topological polar surface area (TPSA) is 103 Å². The predicted octanol–water partition coefficient (Wildman–Crippen LogP) is 4.72. The quantitative estimate of drug-likeness (QED) is 0.470. The molecule has 2 N–H and O–H groups in total. The summed E-state index contributed by atoms with van der Waals surface area (Å²) in [6.45, 7) is 1.41. The number of alkyl halides is 3. The van der Waals surface area contributed by atoms with E-state index in [1.807, 2.05) is 0 Å². The third-order valence-electron chi connectivity index (χ3n) is 4.02. The minimum Gasteiger partial charge on any atom is -0.495 e. The number of ether oxygens (including phenoxy) is 2. The fourth-order valence-electron chi connectivity index (χ4n) is 2.50. The average Bonchev–Trinajstić information content (AvgIpc) is 2.67. The molecule has 2 aromatic carbocycles. The third kappa shape index (κ3) is 5.23. The number of halogens is 4. The summed E-state index contributed by atoms with van der Waals surface area (Å²) in [7, 11) is 2.79. The lowest BCUT2D eigenvalue weighted by atomic mass is 10.1. The molecule has 0 spiro atoms. The van der Waals surface area contributed by atoms with E-state index in [0.29, 0.717) is 23.3 Å². The first-order chi connectivity index (χ1) is 14.0. The molecule has 2 aromatic rings. The number of anilines is 2. The Morgan fingerprint density at radius 1 is 1.13 bits per heavy atom. The maximum atomic E-state index is 13.3. The first-order valence-corrected chi connectivity index (χ1v) is 8.70. The number of nitro groups is 1. The second-order valence-corrected chi connectivity index (χ2v) is 6.43. The van der Waals surface area contributed by atoms with Crippen LogP contribution in [0.1, 0.15) is 12.5 Å². The second kappa shape index (κ2) is 9.08. The molecule has 0 saturated carbocycles. The van der Waals surface area contributed by atoms with E-state index in [0.717, 1.165) is 12.1 Å². The van der Waals surface area contributed by atoms with Crippen LogP contribution in [-0.2, 0) is 11.0 Å². The zero-order valence-electron chi connectivity index (χ0n) is 16.0. The highest BCUT2D eigenvalue weighted by Gasteiger charge is 2.36. The first-order valence-electron chi connectivity index (χ1n) is 8.32. The number of carbonyl (C=O) groups excluding carboxylic acids is 1. The van der Waals surface area contributed by atoms with Gasteiger partial charge in [-0.25, -0.2) is 0 Å². The Bertz CT molecular complexity index is 969. The first kappa shape index (κ1) is 23.1. The molecule has 0 bridgehead atoms. The standard InChI is InChI=1S/C18H17ClF3N3O5/c1-9(23-14-7-12(19)15(29-2)8-16(14)30-3)17(26)24-13-5-4-10(25(27)28)6-11(13)18(20,21)22/h4-9,23H,1-3H3,(H,24,26). The van der Waals surface area contributed by atoms with E-state index in [2.05, 4.69) is 10.6 Å². The molecule has 0 saturated heterocycles. The van der Waals surface area contributed by atoms with Crippen molar-refractivity contribution in [3.05, 3.63) is 51.0 Å². The average molecular weight is 448 g/mol. The van der Waals surface area contributed by atoms with Gasteiger partial charge in [-0.05, 0) is 19.1 Å². The second-order valence-electron chi connectivity index (χ2n) is 6.03. The Morgan fingerprint density at radius 2 is 1.77 bits per heavy atom. The molecule has 162 valence electrons. The van der Waals surface area contributed by atoms with Crippen molar-refractivity contribution < 1.29 is 32.4 Å². The van der Waals surface area contributed by atoms with Gasteiger partial charge in [-0.2, -0.15) is 13.2 Å². The summed E-state index contributed by atoms with van der Waals surface area (Å²) in [4.78, 5) is 22.3. The molecule has 0 fully saturated rings. The zero-order valence-corrected chi connectivity index (χ0v) is 16.7. The number of non-ortho nitro benzene ring substituents is 1. The van der Waals surface area contributed by atoms with Gasteiger partial charge in [0.15, 0.2) is 0 Å². The van der Waals surface area contributed by atoms with Gasteiger partial charge in [-0.15, -0.1) is 0 Å². The van der Waals surface area contributed by atoms with Crippen molar-refractivity contribution in [3.8, 4) is 11.5 Å². The van der Waals surface area contributed by atoms with Gasteiger partial charge in [-0.1, -0.05) is 11.6 Å². The Hall–Kier alpha value is -3.21. The lowest BCUT2D eigenvalue weighted by Gasteiger charge is -2.20. The van der Waals surface area contributed by atoms with Crippen molar-refractivity contribution in [1.82, 2.24) is 0 Å². The number of amides is 1. The van der Waals surface area contributed by atoms with E-state index in [1.54, 1.807) is 0 Å². The van der Waals surface area contributed by atoms with Crippen molar-refractivity contribution in [1.29, 1.82) is 0 Å². The van der Waals surface area contributed by atoms with Crippen LogP contribution in [-0.4, -0.2) is 31.1 Å². The van der Waals surface area contributed by atoms with E-state index in [9.17, 15) is 28.1 Å². The van der Waals surface area contributed by atoms with Crippen LogP contribution in [0.4, 0.5) is 30.2 Å². The van der Waals surface area contributed by atoms with Gasteiger partial charge in [0, 0.05) is 18.2 Å². The van der Waals surface area contributed by atoms with Gasteiger partial charge in [0.05, 0.1) is 41.1 Å². The number of carbonyl (C=O) groups is 1. The normalized spacial score (nSPS) is 12.1. The van der Waals surface area contributed by atoms with Crippen molar-refractivity contribution in [2.24, 2.45) is 0 Å². The summed E-state index contributed by atoms with van der Waals surface area (Å²) in [5, 5.41) is 15.9. The summed E-state index contributed by atoms with van der Waals surface area (Å²) >= 11 is 6.06. The Kier molecular flexibility index (Phi) is 6.98. The molecule has 0 aliphatic carbocycles. The number of nitro benzene ring substituents is 1. The highest BCUT2D eigenvalue weighted by molar-refractivity contribution is 6.32. The van der Waals surface area contributed by atoms with Gasteiger partial charge in [0.25, 0.3) is 5.69 Å². The van der Waals surface area contributed by atoms with E-state index in [-0.39, 0.29) is 5.02 Å². The Labute approximate surface area is 174 Å². The summed E-state index contributed by atoms with van der Waals surface area (Å²) < 4.78 is 50.1. The molecular weight excluding hydrogens is 431 g/mol. The number of methoxy groups -OCH3 is 2. The summed E-state index contributed by atoms with van der Waals surface area (Å²) in [6.07, 6.45) is -4.90. The molecule has 0 radical (unpaired) electrons. The summed E-state index contributed by atoms with van der Waals surface area (Å²) in [5.74, 6) is -0.192. The van der Waals surface area contributed by atoms with Crippen LogP contribution < -0.4 is 20.1 Å². The minimum atomic E-state index is -4.90. The van der Waals surface area contributed by atoms with Crippen LogP contribution in [0.2, 0.25) is 5.02 Å². The van der Waals surface area contributed by atoms with Crippen LogP contribution in [0.5, 0.6) is 11.5 Å². The molecule has 0 aliphatic heterocycles. The van der Waals surface area contributed by atoms with Crippen LogP contribution in [0, 0.1) is 10.1 Å². The van der Waals surface area contributed by atoms with Gasteiger partial charge in [-0.3, -0.25) is 14.9 Å². The number of nitrogens with zero attached hydrogens (tertiary/aromatic N) is 1. The van der Waals surface area contributed by atoms with Gasteiger partial charge >= 0.3 is 6.18 Å². The van der Waals surface area contributed by atoms with Crippen LogP contribution >= 0.6 is 11.6 Å². The molecule has 1 unspecified atom stereocenters. The highest BCUT2D eigenvalue weighted by Crippen LogP contribution is 2.38. The highest BCUT2D eigenvalue weighted by atomic mass is 35.5. The fourth-order valence-corrected chi connectivity index (χ4v) is 2.74. The van der Waals surface area contributed by atoms with Crippen molar-refractivity contribution in [2.75, 3.05) is 24.9 Å². The van der Waals surface area contributed by atoms with Gasteiger partial charge in [0.1, 0.15) is 17.5 Å². The molecule has 1 amide bonds. The largest absolute Gasteiger partial charge is 0.495 e. The summed E-state index contributed by atoms with van der Waals surface area (Å²) in [6, 6.07) is 3.97. The van der Waals surface area contributed by atoms with E-state index >= 15 is 0 Å². The maximum absolute atomic E-state index is 13.3. The van der Waals surface area contributed by atoms with Crippen molar-refractivity contribution in [2.45, 2.75) is 19.1 Å². The number of hydrogen-bond acceptors (Lipinski definition) is 6. The van der Waals surface area contributed by atoms with Crippen molar-refractivity contribution in [3.63, 3.8) is 0 Å². The molecule has 0 aliphatic rings. The number of hydrogen-bond donors (Lipinski definition) is 2. The smallest absolute Gasteiger partial charge is 0.418 e. The number of benzene rings is 2. The zero-order chi connectivity index (χ0) is 22.6. The number of rotatable bonds is 7. The Balaban J connectivity index is 2.27. The fraction of sp³-hybridized carbons (Fsp3) is 0.278. The molecule has 0 heterocycles. The van der Waals surface area contributed by atoms with Crippen LogP contribution in [0.15, 0.2) is 30.3 Å². The predicted molar refractivity (Wildman–Crippen MR) is 104 cm³/mol. The van der Waals surface area contributed by atoms with Crippen molar-refractivity contribution >= 4 is 34.6 Å². The molecule has 8 nitrogen and oxygen atoms in total. The lowest BCUT2D eigenvalue weighted by Crippen LogP contribution is -2.32. The molecule has 12 heteroatoms. The summed E-state index contributed by atoms with van der Waals surface area (Å²) in [5.41, 5.74) is -2.37. The van der Waals surface area contributed by atoms with E-state index < -0.39 is 40.0 Å². The number of nitrogens with one attached hydrogen (secondary N) is 2.